The van der Waals surface area contributed by atoms with Gasteiger partial charge in [-0.2, -0.15) is 0 Å². The van der Waals surface area contributed by atoms with Gasteiger partial charge in [-0.05, 0) is 36.4 Å². The molecule has 2 heterocycles. The number of rotatable bonds is 6. The third kappa shape index (κ3) is 4.44. The fourth-order valence-corrected chi connectivity index (χ4v) is 3.08. The molecule has 30 heavy (non-hydrogen) atoms. The van der Waals surface area contributed by atoms with E-state index < -0.39 is 5.91 Å². The zero-order chi connectivity index (χ0) is 20.8. The van der Waals surface area contributed by atoms with Gasteiger partial charge in [-0.15, -0.1) is 0 Å². The van der Waals surface area contributed by atoms with Gasteiger partial charge >= 0.3 is 0 Å². The van der Waals surface area contributed by atoms with Gasteiger partial charge in [0.15, 0.2) is 0 Å². The Hall–Kier alpha value is -4.19. The van der Waals surface area contributed by atoms with Gasteiger partial charge in [0.05, 0.1) is 12.2 Å². The molecule has 148 valence electrons. The van der Waals surface area contributed by atoms with Crippen LogP contribution >= 0.6 is 0 Å². The molecule has 0 radical (unpaired) electrons. The van der Waals surface area contributed by atoms with E-state index in [1.807, 2.05) is 54.7 Å². The van der Waals surface area contributed by atoms with Crippen LogP contribution in [0.5, 0.6) is 0 Å². The van der Waals surface area contributed by atoms with Crippen LogP contribution in [-0.2, 0) is 11.3 Å². The Morgan fingerprint density at radius 1 is 0.933 bits per heavy atom. The predicted molar refractivity (Wildman–Crippen MR) is 116 cm³/mol. The molecule has 0 saturated carbocycles. The van der Waals surface area contributed by atoms with E-state index >= 15 is 0 Å². The summed E-state index contributed by atoms with van der Waals surface area (Å²) in [6, 6.07) is 22.1. The lowest BCUT2D eigenvalue weighted by molar-refractivity contribution is -0.117. The molecule has 3 N–H and O–H groups in total. The van der Waals surface area contributed by atoms with Gasteiger partial charge in [-0.25, -0.2) is 0 Å². The van der Waals surface area contributed by atoms with Gasteiger partial charge in [-0.3, -0.25) is 14.6 Å². The van der Waals surface area contributed by atoms with Crippen LogP contribution in [0.3, 0.4) is 0 Å². The Morgan fingerprint density at radius 2 is 1.70 bits per heavy atom. The number of carbonyl (C=O) groups is 2. The average Bonchev–Trinajstić information content (AvgIpc) is 3.21. The minimum atomic E-state index is -0.393. The van der Waals surface area contributed by atoms with Crippen LogP contribution in [0.25, 0.3) is 17.0 Å². The minimum Gasteiger partial charge on any atom is -0.361 e. The largest absolute Gasteiger partial charge is 0.361 e. The molecule has 0 fully saturated rings. The standard InChI is InChI=1S/C24H20N4O2/c29-23(17-8-2-1-3-9-17)28-22(24(30)27-16-19-10-6-7-13-25-19)14-18-15-26-21-12-5-4-11-20(18)21/h1-15,26H,16H2,(H,27,30)(H,28,29). The van der Waals surface area contributed by atoms with Gasteiger partial charge in [0, 0.05) is 34.4 Å². The van der Waals surface area contributed by atoms with Crippen molar-refractivity contribution in [3.8, 4) is 0 Å². The number of benzene rings is 2. The zero-order valence-corrected chi connectivity index (χ0v) is 16.1. The summed E-state index contributed by atoms with van der Waals surface area (Å²) in [6.45, 7) is 0.256. The number of pyridine rings is 1. The number of para-hydroxylation sites is 1. The number of amides is 2. The monoisotopic (exact) mass is 396 g/mol. The molecule has 0 aliphatic carbocycles. The molecular formula is C24H20N4O2. The van der Waals surface area contributed by atoms with Crippen molar-refractivity contribution in [2.75, 3.05) is 0 Å². The van der Waals surface area contributed by atoms with Crippen molar-refractivity contribution >= 4 is 28.8 Å². The number of aromatic nitrogens is 2. The van der Waals surface area contributed by atoms with Gasteiger partial charge in [-0.1, -0.05) is 42.5 Å². The fourth-order valence-electron chi connectivity index (χ4n) is 3.08. The van der Waals surface area contributed by atoms with Crippen molar-refractivity contribution in [3.05, 3.63) is 108 Å². The molecule has 0 aliphatic heterocycles. The van der Waals surface area contributed by atoms with Crippen LogP contribution in [0.1, 0.15) is 21.6 Å². The molecule has 4 rings (SSSR count). The average molecular weight is 396 g/mol. The first-order valence-electron chi connectivity index (χ1n) is 9.53. The SMILES string of the molecule is O=C(NCc1ccccn1)C(=Cc1c[nH]c2ccccc12)NC(=O)c1ccccc1. The van der Waals surface area contributed by atoms with E-state index in [0.29, 0.717) is 5.56 Å². The first kappa shape index (κ1) is 19.1. The lowest BCUT2D eigenvalue weighted by Gasteiger charge is -2.11. The van der Waals surface area contributed by atoms with Crippen molar-refractivity contribution in [2.45, 2.75) is 6.54 Å². The summed E-state index contributed by atoms with van der Waals surface area (Å²) in [7, 11) is 0. The van der Waals surface area contributed by atoms with Gasteiger partial charge < -0.3 is 15.6 Å². The van der Waals surface area contributed by atoms with Crippen molar-refractivity contribution < 1.29 is 9.59 Å². The summed E-state index contributed by atoms with van der Waals surface area (Å²) in [4.78, 5) is 33.0. The second-order valence-electron chi connectivity index (χ2n) is 6.67. The Kier molecular flexibility index (Phi) is 5.66. The quantitative estimate of drug-likeness (QED) is 0.435. The summed E-state index contributed by atoms with van der Waals surface area (Å²) < 4.78 is 0. The van der Waals surface area contributed by atoms with Crippen molar-refractivity contribution in [3.63, 3.8) is 0 Å². The first-order chi connectivity index (χ1) is 14.7. The summed E-state index contributed by atoms with van der Waals surface area (Å²) in [5, 5.41) is 6.53. The summed E-state index contributed by atoms with van der Waals surface area (Å²) in [5.41, 5.74) is 3.12. The zero-order valence-electron chi connectivity index (χ0n) is 16.1. The third-order valence-electron chi connectivity index (χ3n) is 4.61. The number of hydrogen-bond acceptors (Lipinski definition) is 3. The van der Waals surface area contributed by atoms with Crippen LogP contribution in [0, 0.1) is 0 Å². The second kappa shape index (κ2) is 8.87. The Balaban J connectivity index is 1.61. The van der Waals surface area contributed by atoms with Crippen LogP contribution in [0.4, 0.5) is 0 Å². The van der Waals surface area contributed by atoms with Gasteiger partial charge in [0.25, 0.3) is 11.8 Å². The number of nitrogens with zero attached hydrogens (tertiary/aromatic N) is 1. The molecule has 0 aliphatic rings. The molecule has 2 aromatic heterocycles. The van der Waals surface area contributed by atoms with E-state index in [1.54, 1.807) is 36.5 Å². The number of hydrogen-bond donors (Lipinski definition) is 3. The Labute approximate surface area is 173 Å². The number of aromatic amines is 1. The Bertz CT molecular complexity index is 1200. The maximum atomic E-state index is 12.9. The molecule has 0 bridgehead atoms. The smallest absolute Gasteiger partial charge is 0.268 e. The molecule has 2 amide bonds. The first-order valence-corrected chi connectivity index (χ1v) is 9.53. The van der Waals surface area contributed by atoms with Crippen LogP contribution in [0.2, 0.25) is 0 Å². The highest BCUT2D eigenvalue weighted by Gasteiger charge is 2.15. The van der Waals surface area contributed by atoms with E-state index in [0.717, 1.165) is 22.2 Å². The molecule has 0 atom stereocenters. The Morgan fingerprint density at radius 3 is 2.50 bits per heavy atom. The lowest BCUT2D eigenvalue weighted by Crippen LogP contribution is -2.34. The van der Waals surface area contributed by atoms with Crippen LogP contribution in [0.15, 0.2) is 90.9 Å². The van der Waals surface area contributed by atoms with E-state index in [1.165, 1.54) is 0 Å². The topological polar surface area (TPSA) is 86.9 Å². The molecule has 2 aromatic carbocycles. The molecule has 6 nitrogen and oxygen atoms in total. The predicted octanol–water partition coefficient (Wildman–Crippen LogP) is 3.65. The molecule has 6 heteroatoms. The molecular weight excluding hydrogens is 376 g/mol. The van der Waals surface area contributed by atoms with Gasteiger partial charge in [0.2, 0.25) is 0 Å². The van der Waals surface area contributed by atoms with E-state index in [4.69, 9.17) is 0 Å². The van der Waals surface area contributed by atoms with E-state index in [9.17, 15) is 9.59 Å². The second-order valence-corrected chi connectivity index (χ2v) is 6.67. The molecule has 0 saturated heterocycles. The third-order valence-corrected chi connectivity index (χ3v) is 4.61. The van der Waals surface area contributed by atoms with E-state index in [-0.39, 0.29) is 18.1 Å². The van der Waals surface area contributed by atoms with Crippen LogP contribution < -0.4 is 10.6 Å². The van der Waals surface area contributed by atoms with Crippen LogP contribution in [-0.4, -0.2) is 21.8 Å². The summed E-state index contributed by atoms with van der Waals surface area (Å²) in [5.74, 6) is -0.745. The molecule has 4 aromatic rings. The highest BCUT2D eigenvalue weighted by molar-refractivity contribution is 6.06. The number of H-pyrrole nitrogens is 1. The maximum absolute atomic E-state index is 12.9. The summed E-state index contributed by atoms with van der Waals surface area (Å²) >= 11 is 0. The van der Waals surface area contributed by atoms with Crippen molar-refractivity contribution in [1.82, 2.24) is 20.6 Å². The van der Waals surface area contributed by atoms with Crippen molar-refractivity contribution in [2.24, 2.45) is 0 Å². The highest BCUT2D eigenvalue weighted by atomic mass is 16.2. The molecule has 0 unspecified atom stereocenters. The maximum Gasteiger partial charge on any atom is 0.268 e. The van der Waals surface area contributed by atoms with Crippen molar-refractivity contribution in [1.29, 1.82) is 0 Å². The lowest BCUT2D eigenvalue weighted by atomic mass is 10.1. The van der Waals surface area contributed by atoms with E-state index in [2.05, 4.69) is 20.6 Å². The highest BCUT2D eigenvalue weighted by Crippen LogP contribution is 2.20. The number of fused-ring (bicyclic) bond motifs is 1. The normalized spacial score (nSPS) is 11.3. The number of carbonyl (C=O) groups excluding carboxylic acids is 2. The number of nitrogens with one attached hydrogen (secondary N) is 3. The minimum absolute atomic E-state index is 0.157. The fraction of sp³-hybridized carbons (Fsp3) is 0.0417. The summed E-state index contributed by atoms with van der Waals surface area (Å²) in [6.07, 6.45) is 5.15. The van der Waals surface area contributed by atoms with Gasteiger partial charge in [0.1, 0.15) is 5.70 Å². The molecule has 0 spiro atoms.